The van der Waals surface area contributed by atoms with Gasteiger partial charge in [-0.05, 0) is 37.8 Å². The summed E-state index contributed by atoms with van der Waals surface area (Å²) in [5.74, 6) is 0.543. The summed E-state index contributed by atoms with van der Waals surface area (Å²) < 4.78 is 0. The van der Waals surface area contributed by atoms with E-state index in [0.717, 1.165) is 29.8 Å². The highest BCUT2D eigenvalue weighted by atomic mass is 16.2. The van der Waals surface area contributed by atoms with Gasteiger partial charge in [0, 0.05) is 18.7 Å². The van der Waals surface area contributed by atoms with E-state index in [4.69, 9.17) is 0 Å². The third-order valence-electron chi connectivity index (χ3n) is 3.19. The first-order chi connectivity index (χ1) is 8.02. The predicted octanol–water partition coefficient (Wildman–Crippen LogP) is 3.60. The fraction of sp³-hybridized carbons (Fsp3) is 0.533. The Morgan fingerprint density at radius 1 is 1.24 bits per heavy atom. The lowest BCUT2D eigenvalue weighted by Gasteiger charge is -2.23. The lowest BCUT2D eigenvalue weighted by Crippen LogP contribution is -2.32. The Morgan fingerprint density at radius 3 is 2.29 bits per heavy atom. The number of hydrogen-bond acceptors (Lipinski definition) is 1. The van der Waals surface area contributed by atoms with Gasteiger partial charge in [-0.3, -0.25) is 4.79 Å². The fourth-order valence-corrected chi connectivity index (χ4v) is 2.13. The molecule has 0 atom stereocenters. The highest BCUT2D eigenvalue weighted by Gasteiger charge is 2.19. The van der Waals surface area contributed by atoms with Crippen LogP contribution in [0.5, 0.6) is 0 Å². The molecule has 1 aromatic carbocycles. The second-order valence-corrected chi connectivity index (χ2v) is 4.67. The summed E-state index contributed by atoms with van der Waals surface area (Å²) in [6, 6.07) is 6.11. The van der Waals surface area contributed by atoms with Crippen LogP contribution >= 0.6 is 0 Å². The van der Waals surface area contributed by atoms with Crippen LogP contribution in [0.4, 0.5) is 0 Å². The van der Waals surface area contributed by atoms with E-state index < -0.39 is 0 Å². The van der Waals surface area contributed by atoms with Gasteiger partial charge < -0.3 is 4.90 Å². The van der Waals surface area contributed by atoms with Crippen LogP contribution < -0.4 is 0 Å². The van der Waals surface area contributed by atoms with Crippen LogP contribution in [-0.2, 0) is 0 Å². The molecule has 1 rings (SSSR count). The van der Waals surface area contributed by atoms with Crippen molar-refractivity contribution in [2.24, 2.45) is 0 Å². The fourth-order valence-electron chi connectivity index (χ4n) is 2.13. The highest BCUT2D eigenvalue weighted by Crippen LogP contribution is 2.23. The maximum atomic E-state index is 12.5. The Hall–Kier alpha value is -1.31. The van der Waals surface area contributed by atoms with Crippen molar-refractivity contribution in [3.05, 3.63) is 34.9 Å². The Morgan fingerprint density at radius 2 is 1.82 bits per heavy atom. The summed E-state index contributed by atoms with van der Waals surface area (Å²) in [6.45, 7) is 11.9. The van der Waals surface area contributed by atoms with Gasteiger partial charge in [0.15, 0.2) is 0 Å². The minimum absolute atomic E-state index is 0.164. The number of rotatable bonds is 4. The maximum absolute atomic E-state index is 12.5. The molecular weight excluding hydrogens is 210 g/mol. The molecule has 2 nitrogen and oxygen atoms in total. The number of benzene rings is 1. The molecule has 0 bridgehead atoms. The zero-order chi connectivity index (χ0) is 13.0. The second kappa shape index (κ2) is 5.85. The summed E-state index contributed by atoms with van der Waals surface area (Å²) in [7, 11) is 0. The van der Waals surface area contributed by atoms with E-state index in [1.54, 1.807) is 0 Å². The highest BCUT2D eigenvalue weighted by molar-refractivity contribution is 5.97. The summed E-state index contributed by atoms with van der Waals surface area (Å²) in [5, 5.41) is 0. The Labute approximate surface area is 105 Å². The molecule has 0 spiro atoms. The topological polar surface area (TPSA) is 20.3 Å². The van der Waals surface area contributed by atoms with Crippen LogP contribution in [0.15, 0.2) is 18.2 Å². The van der Waals surface area contributed by atoms with Gasteiger partial charge in [0.25, 0.3) is 5.91 Å². The lowest BCUT2D eigenvalue weighted by molar-refractivity contribution is 0.0770. The van der Waals surface area contributed by atoms with E-state index in [1.807, 2.05) is 37.8 Å². The van der Waals surface area contributed by atoms with Gasteiger partial charge >= 0.3 is 0 Å². The molecule has 1 aromatic rings. The van der Waals surface area contributed by atoms with Crippen molar-refractivity contribution in [3.63, 3.8) is 0 Å². The van der Waals surface area contributed by atoms with Gasteiger partial charge in [0.05, 0.1) is 0 Å². The van der Waals surface area contributed by atoms with E-state index in [9.17, 15) is 4.79 Å². The minimum Gasteiger partial charge on any atom is -0.339 e. The Balaban J connectivity index is 3.24. The van der Waals surface area contributed by atoms with Crippen molar-refractivity contribution >= 4 is 5.91 Å². The van der Waals surface area contributed by atoms with Gasteiger partial charge in [-0.25, -0.2) is 0 Å². The number of carbonyl (C=O) groups is 1. The smallest absolute Gasteiger partial charge is 0.254 e. The first kappa shape index (κ1) is 13.8. The van der Waals surface area contributed by atoms with Crippen molar-refractivity contribution in [2.45, 2.75) is 40.5 Å². The first-order valence-electron chi connectivity index (χ1n) is 6.41. The molecule has 0 unspecified atom stereocenters. The molecular formula is C15H23NO. The molecule has 2 heteroatoms. The molecule has 0 heterocycles. The molecule has 0 N–H and O–H groups in total. The van der Waals surface area contributed by atoms with Crippen LogP contribution in [0.1, 0.15) is 55.1 Å². The van der Waals surface area contributed by atoms with Crippen LogP contribution in [-0.4, -0.2) is 23.9 Å². The summed E-state index contributed by atoms with van der Waals surface area (Å²) in [4.78, 5) is 14.4. The van der Waals surface area contributed by atoms with Crippen molar-refractivity contribution in [1.29, 1.82) is 0 Å². The monoisotopic (exact) mass is 233 g/mol. The molecule has 0 aliphatic carbocycles. The molecule has 0 aromatic heterocycles. The van der Waals surface area contributed by atoms with Crippen LogP contribution in [0.2, 0.25) is 0 Å². The summed E-state index contributed by atoms with van der Waals surface area (Å²) in [5.41, 5.74) is 3.13. The Bertz CT molecular complexity index is 392. The number of amides is 1. The number of carbonyl (C=O) groups excluding carboxylic acids is 1. The molecule has 0 aliphatic rings. The van der Waals surface area contributed by atoms with Crippen LogP contribution in [0.3, 0.4) is 0 Å². The molecule has 0 saturated heterocycles. The number of nitrogens with zero attached hydrogens (tertiary/aromatic N) is 1. The van der Waals surface area contributed by atoms with E-state index in [0.29, 0.717) is 5.92 Å². The number of hydrogen-bond donors (Lipinski definition) is 0. The second-order valence-electron chi connectivity index (χ2n) is 4.67. The van der Waals surface area contributed by atoms with Crippen LogP contribution in [0, 0.1) is 6.92 Å². The van der Waals surface area contributed by atoms with E-state index in [-0.39, 0.29) is 5.91 Å². The van der Waals surface area contributed by atoms with E-state index in [2.05, 4.69) is 19.9 Å². The predicted molar refractivity (Wildman–Crippen MR) is 72.5 cm³/mol. The summed E-state index contributed by atoms with van der Waals surface area (Å²) in [6.07, 6.45) is 0. The van der Waals surface area contributed by atoms with Crippen molar-refractivity contribution in [2.75, 3.05) is 13.1 Å². The molecule has 94 valence electrons. The van der Waals surface area contributed by atoms with Crippen LogP contribution in [0.25, 0.3) is 0 Å². The largest absolute Gasteiger partial charge is 0.339 e. The van der Waals surface area contributed by atoms with Gasteiger partial charge in [0.1, 0.15) is 0 Å². The van der Waals surface area contributed by atoms with Crippen molar-refractivity contribution < 1.29 is 4.79 Å². The van der Waals surface area contributed by atoms with Crippen molar-refractivity contribution in [3.8, 4) is 0 Å². The standard InChI is InChI=1S/C15H23NO/c1-6-16(7-2)15(17)14-12(5)9-8-10-13(14)11(3)4/h8-11H,6-7H2,1-5H3. The maximum Gasteiger partial charge on any atom is 0.254 e. The molecule has 0 radical (unpaired) electrons. The molecule has 0 fully saturated rings. The normalized spacial score (nSPS) is 10.7. The molecule has 1 amide bonds. The Kier molecular flexibility index (Phi) is 4.73. The van der Waals surface area contributed by atoms with Gasteiger partial charge in [-0.2, -0.15) is 0 Å². The minimum atomic E-state index is 0.164. The molecule has 0 saturated carbocycles. The van der Waals surface area contributed by atoms with Gasteiger partial charge in [-0.1, -0.05) is 32.0 Å². The lowest BCUT2D eigenvalue weighted by atomic mass is 9.93. The average Bonchev–Trinajstić information content (AvgIpc) is 2.29. The third-order valence-corrected chi connectivity index (χ3v) is 3.19. The van der Waals surface area contributed by atoms with Gasteiger partial charge in [0.2, 0.25) is 0 Å². The average molecular weight is 233 g/mol. The third kappa shape index (κ3) is 2.87. The number of aryl methyl sites for hydroxylation is 1. The first-order valence-corrected chi connectivity index (χ1v) is 6.41. The van der Waals surface area contributed by atoms with Crippen molar-refractivity contribution in [1.82, 2.24) is 4.90 Å². The summed E-state index contributed by atoms with van der Waals surface area (Å²) >= 11 is 0. The zero-order valence-corrected chi connectivity index (χ0v) is 11.6. The molecule has 17 heavy (non-hydrogen) atoms. The van der Waals surface area contributed by atoms with Gasteiger partial charge in [-0.15, -0.1) is 0 Å². The van der Waals surface area contributed by atoms with E-state index in [1.165, 1.54) is 0 Å². The SMILES string of the molecule is CCN(CC)C(=O)c1c(C)cccc1C(C)C. The van der Waals surface area contributed by atoms with E-state index >= 15 is 0 Å². The quantitative estimate of drug-likeness (QED) is 0.778. The zero-order valence-electron chi connectivity index (χ0n) is 11.6. The molecule has 0 aliphatic heterocycles.